The molecule has 228 valence electrons. The average molecular weight is 671 g/mol. The Morgan fingerprint density at radius 2 is 0.977 bits per heavy atom. The summed E-state index contributed by atoms with van der Waals surface area (Å²) in [5.74, 6) is -4.14. The number of amides is 2. The van der Waals surface area contributed by atoms with Crippen LogP contribution < -0.4 is 10.6 Å². The van der Waals surface area contributed by atoms with Crippen molar-refractivity contribution in [3.8, 4) is 0 Å². The van der Waals surface area contributed by atoms with Crippen LogP contribution in [0, 0.1) is 46.2 Å². The fraction of sp³-hybridized carbons (Fsp3) is 0.250. The number of benzene rings is 2. The van der Waals surface area contributed by atoms with Gasteiger partial charge in [0.25, 0.3) is 0 Å². The Bertz CT molecular complexity index is 1210. The molecule has 0 atom stereocenters. The normalized spacial score (nSPS) is 10.3. The quantitative estimate of drug-likeness (QED) is 0.0933. The molecule has 0 aliphatic rings. The van der Waals surface area contributed by atoms with Gasteiger partial charge in [0.05, 0.1) is 10.8 Å². The van der Waals surface area contributed by atoms with Crippen molar-refractivity contribution < 1.29 is 48.9 Å². The van der Waals surface area contributed by atoms with Crippen molar-refractivity contribution >= 4 is 46.4 Å². The Morgan fingerprint density at radius 3 is 1.19 bits per heavy atom. The number of anilines is 2. The second-order valence-corrected chi connectivity index (χ2v) is 10.5. The van der Waals surface area contributed by atoms with E-state index in [1.807, 2.05) is 72.8 Å². The summed E-state index contributed by atoms with van der Waals surface area (Å²) in [6.07, 6.45) is 0. The van der Waals surface area contributed by atoms with Crippen LogP contribution in [0.5, 0.6) is 0 Å². The van der Waals surface area contributed by atoms with Gasteiger partial charge in [0.1, 0.15) is 0 Å². The fourth-order valence-corrected chi connectivity index (χ4v) is 2.67. The Morgan fingerprint density at radius 1 is 0.674 bits per heavy atom. The van der Waals surface area contributed by atoms with Gasteiger partial charge in [-0.1, -0.05) is 0 Å². The standard InChI is InChI=1S/2C11H11ClF2NO.2C5H5.Ti/c2*1-11(2,6-12)10(16)15-9-4-3-7(13)5-8(9)14;2*1-2-4-5-3-1;/h2*3-4H,6H2,1-2H3,(H,15,16);2*1-5H;/q4*-1;+4. The Hall–Kier alpha value is -2.91. The van der Waals surface area contributed by atoms with Gasteiger partial charge in [0.2, 0.25) is 11.8 Å². The molecule has 0 bridgehead atoms. The Kier molecular flexibility index (Phi) is 18.8. The molecular weight excluding hydrogens is 639 g/mol. The smallest absolute Gasteiger partial charge is 0.376 e. The molecule has 0 unspecified atom stereocenters. The van der Waals surface area contributed by atoms with E-state index in [-0.39, 0.29) is 44.9 Å². The zero-order valence-electron chi connectivity index (χ0n) is 24.1. The number of carbonyl (C=O) groups is 2. The molecular formula is C32H32Cl2F4N2O2Ti. The van der Waals surface area contributed by atoms with Gasteiger partial charge in [-0.25, -0.2) is 41.8 Å². The zero-order valence-corrected chi connectivity index (χ0v) is 27.2. The number of hydrogen-bond acceptors (Lipinski definition) is 2. The molecule has 0 radical (unpaired) electrons. The minimum atomic E-state index is -0.932. The maximum atomic E-state index is 13.2. The molecule has 2 amide bonds. The second kappa shape index (κ2) is 20.1. The van der Waals surface area contributed by atoms with Crippen molar-refractivity contribution in [1.29, 1.82) is 0 Å². The molecule has 4 rings (SSSR count). The van der Waals surface area contributed by atoms with E-state index >= 15 is 0 Å². The predicted molar refractivity (Wildman–Crippen MR) is 161 cm³/mol. The number of rotatable bonds is 6. The molecule has 0 aromatic heterocycles. The van der Waals surface area contributed by atoms with E-state index in [0.717, 1.165) is 24.3 Å². The van der Waals surface area contributed by atoms with Gasteiger partial charge in [-0.2, -0.15) is 36.4 Å². The number of nitrogens with one attached hydrogen (secondary N) is 2. The van der Waals surface area contributed by atoms with Gasteiger partial charge in [-0.05, 0) is 39.1 Å². The molecule has 4 aromatic carbocycles. The Balaban J connectivity index is 0.000000608. The molecule has 11 heteroatoms. The molecule has 0 fully saturated rings. The average Bonchev–Trinajstić information content (AvgIpc) is 3.72. The minimum Gasteiger partial charge on any atom is -0.376 e. The number of carbonyl (C=O) groups excluding carboxylic acids is 2. The van der Waals surface area contributed by atoms with Gasteiger partial charge >= 0.3 is 21.7 Å². The minimum absolute atomic E-state index is 0. The molecule has 0 aliphatic carbocycles. The Labute approximate surface area is 275 Å². The van der Waals surface area contributed by atoms with Crippen molar-refractivity contribution in [2.24, 2.45) is 10.8 Å². The van der Waals surface area contributed by atoms with E-state index in [0.29, 0.717) is 0 Å². The van der Waals surface area contributed by atoms with E-state index in [1.165, 1.54) is 0 Å². The van der Waals surface area contributed by atoms with Crippen LogP contribution in [0.4, 0.5) is 28.9 Å². The summed E-state index contributed by atoms with van der Waals surface area (Å²) < 4.78 is 51.4. The maximum absolute atomic E-state index is 13.2. The van der Waals surface area contributed by atoms with Gasteiger partial charge in [0.15, 0.2) is 0 Å². The molecule has 0 saturated heterocycles. The molecule has 2 N–H and O–H groups in total. The summed E-state index contributed by atoms with van der Waals surface area (Å²) >= 11 is 11.2. The number of alkyl halides is 2. The first-order chi connectivity index (χ1) is 19.7. The molecule has 43 heavy (non-hydrogen) atoms. The van der Waals surface area contributed by atoms with Gasteiger partial charge < -0.3 is 10.6 Å². The summed E-state index contributed by atoms with van der Waals surface area (Å²) in [6.45, 7) is 6.50. The molecule has 0 spiro atoms. The maximum Gasteiger partial charge on any atom is 4.00 e. The fourth-order valence-electron chi connectivity index (χ4n) is 2.43. The third-order valence-electron chi connectivity index (χ3n) is 5.23. The van der Waals surface area contributed by atoms with E-state index < -0.39 is 45.9 Å². The second-order valence-electron chi connectivity index (χ2n) is 9.94. The van der Waals surface area contributed by atoms with Gasteiger partial charge in [0, 0.05) is 35.0 Å². The molecule has 0 saturated carbocycles. The van der Waals surface area contributed by atoms with Crippen LogP contribution in [0.2, 0.25) is 0 Å². The molecule has 0 heterocycles. The summed E-state index contributed by atoms with van der Waals surface area (Å²) in [6, 6.07) is 28.0. The monoisotopic (exact) mass is 670 g/mol. The predicted octanol–water partition coefficient (Wildman–Crippen LogP) is 8.75. The zero-order chi connectivity index (χ0) is 31.8. The summed E-state index contributed by atoms with van der Waals surface area (Å²) in [5, 5.41) is 4.66. The van der Waals surface area contributed by atoms with Crippen LogP contribution in [0.3, 0.4) is 0 Å². The first-order valence-electron chi connectivity index (χ1n) is 12.6. The van der Waals surface area contributed by atoms with Gasteiger partial charge in [-0.15, -0.1) is 59.6 Å². The topological polar surface area (TPSA) is 58.2 Å². The molecule has 4 nitrogen and oxygen atoms in total. The van der Waals surface area contributed by atoms with Crippen LogP contribution >= 0.6 is 23.2 Å². The van der Waals surface area contributed by atoms with Crippen molar-refractivity contribution in [3.05, 3.63) is 120 Å². The molecule has 0 aliphatic heterocycles. The van der Waals surface area contributed by atoms with Crippen LogP contribution in [0.1, 0.15) is 27.7 Å². The van der Waals surface area contributed by atoms with Crippen LogP contribution in [-0.2, 0) is 31.3 Å². The van der Waals surface area contributed by atoms with Crippen molar-refractivity contribution in [2.45, 2.75) is 27.7 Å². The van der Waals surface area contributed by atoms with Crippen molar-refractivity contribution in [2.75, 3.05) is 22.4 Å². The first kappa shape index (κ1) is 40.1. The number of hydrogen-bond donors (Lipinski definition) is 2. The number of halogens is 6. The summed E-state index contributed by atoms with van der Waals surface area (Å²) in [7, 11) is 0. The van der Waals surface area contributed by atoms with Crippen molar-refractivity contribution in [3.63, 3.8) is 0 Å². The first-order valence-corrected chi connectivity index (χ1v) is 13.6. The SMILES string of the molecule is CC(C)(CCl)C(=O)Nc1ccc(F)[c-]c1F.CC(C)(CCl)C(=O)Nc1ccc(F)[c-]c1F.[Ti+4].c1cc[cH-]c1.c1cc[cH-]c1. The molecule has 4 aromatic rings. The van der Waals surface area contributed by atoms with Crippen LogP contribution in [-0.4, -0.2) is 23.6 Å². The van der Waals surface area contributed by atoms with Crippen molar-refractivity contribution in [1.82, 2.24) is 0 Å². The van der Waals surface area contributed by atoms with E-state index in [2.05, 4.69) is 10.6 Å². The largest absolute Gasteiger partial charge is 4.00 e. The van der Waals surface area contributed by atoms with E-state index in [4.69, 9.17) is 23.2 Å². The summed E-state index contributed by atoms with van der Waals surface area (Å²) in [4.78, 5) is 23.3. The summed E-state index contributed by atoms with van der Waals surface area (Å²) in [5.41, 5.74) is -1.85. The van der Waals surface area contributed by atoms with Gasteiger partial charge in [-0.3, -0.25) is 9.59 Å². The van der Waals surface area contributed by atoms with Crippen LogP contribution in [0.15, 0.2) is 84.9 Å². The third kappa shape index (κ3) is 15.4. The third-order valence-corrected chi connectivity index (χ3v) is 6.57. The van der Waals surface area contributed by atoms with Crippen LogP contribution in [0.25, 0.3) is 0 Å². The van der Waals surface area contributed by atoms with E-state index in [1.54, 1.807) is 27.7 Å². The van der Waals surface area contributed by atoms with E-state index in [9.17, 15) is 27.2 Å².